The van der Waals surface area contributed by atoms with Gasteiger partial charge in [-0.1, -0.05) is 12.1 Å². The van der Waals surface area contributed by atoms with E-state index in [0.717, 1.165) is 23.0 Å². The van der Waals surface area contributed by atoms with E-state index in [2.05, 4.69) is 30.1 Å². The normalized spacial score (nSPS) is 10.9. The Morgan fingerprint density at radius 2 is 1.91 bits per heavy atom. The summed E-state index contributed by atoms with van der Waals surface area (Å²) in [6, 6.07) is 12.2. The maximum Gasteiger partial charge on any atom is 0.270 e. The van der Waals surface area contributed by atoms with Crippen molar-refractivity contribution in [3.63, 3.8) is 0 Å². The van der Waals surface area contributed by atoms with Crippen LogP contribution in [0.2, 0.25) is 0 Å². The Bertz CT molecular complexity index is 836. The molecule has 0 aliphatic heterocycles. The van der Waals surface area contributed by atoms with Crippen molar-refractivity contribution in [3.8, 4) is 0 Å². The maximum absolute atomic E-state index is 12.7. The van der Waals surface area contributed by atoms with Gasteiger partial charge in [0.2, 0.25) is 0 Å². The second-order valence-electron chi connectivity index (χ2n) is 5.98. The van der Waals surface area contributed by atoms with Crippen LogP contribution in [0.4, 0.5) is 0 Å². The van der Waals surface area contributed by atoms with Crippen molar-refractivity contribution >= 4 is 16.8 Å². The van der Waals surface area contributed by atoms with Crippen molar-refractivity contribution in [3.05, 3.63) is 65.6 Å². The van der Waals surface area contributed by atoms with E-state index in [0.29, 0.717) is 6.54 Å². The first-order valence-electron chi connectivity index (χ1n) is 7.76. The molecule has 0 fully saturated rings. The SMILES string of the molecule is Cc1ccc2cc(C(=O)N(C)CCc3ccncc3)n(C)c2c1. The standard InChI is InChI=1S/C19H21N3O/c1-14-4-5-16-13-18(22(3)17(16)12-14)19(23)21(2)11-8-15-6-9-20-10-7-15/h4-7,9-10,12-13H,8,11H2,1-3H3. The predicted octanol–water partition coefficient (Wildman–Crippen LogP) is 3.20. The third-order valence-corrected chi connectivity index (χ3v) is 4.25. The molecule has 3 rings (SSSR count). The van der Waals surface area contributed by atoms with Gasteiger partial charge in [-0.3, -0.25) is 9.78 Å². The minimum Gasteiger partial charge on any atom is -0.340 e. The number of fused-ring (bicyclic) bond motifs is 1. The molecule has 0 saturated carbocycles. The summed E-state index contributed by atoms with van der Waals surface area (Å²) in [6.45, 7) is 2.75. The average Bonchev–Trinajstić information content (AvgIpc) is 2.89. The number of nitrogens with zero attached hydrogens (tertiary/aromatic N) is 3. The molecular weight excluding hydrogens is 286 g/mol. The van der Waals surface area contributed by atoms with Crippen molar-refractivity contribution in [1.29, 1.82) is 0 Å². The van der Waals surface area contributed by atoms with Gasteiger partial charge in [-0.05, 0) is 48.7 Å². The lowest BCUT2D eigenvalue weighted by Crippen LogP contribution is -2.30. The molecule has 0 bridgehead atoms. The topological polar surface area (TPSA) is 38.1 Å². The average molecular weight is 307 g/mol. The molecule has 0 spiro atoms. The molecule has 0 aliphatic rings. The minimum absolute atomic E-state index is 0.0513. The van der Waals surface area contributed by atoms with Crippen LogP contribution < -0.4 is 0 Å². The number of hydrogen-bond donors (Lipinski definition) is 0. The molecule has 0 aliphatic carbocycles. The minimum atomic E-state index is 0.0513. The van der Waals surface area contributed by atoms with Gasteiger partial charge in [0.15, 0.2) is 0 Å². The number of carbonyl (C=O) groups is 1. The predicted molar refractivity (Wildman–Crippen MR) is 92.6 cm³/mol. The van der Waals surface area contributed by atoms with Crippen molar-refractivity contribution in [2.45, 2.75) is 13.3 Å². The summed E-state index contributed by atoms with van der Waals surface area (Å²) in [6.07, 6.45) is 4.39. The van der Waals surface area contributed by atoms with Gasteiger partial charge in [0.05, 0.1) is 0 Å². The van der Waals surface area contributed by atoms with Crippen LogP contribution in [0.15, 0.2) is 48.8 Å². The molecule has 0 atom stereocenters. The van der Waals surface area contributed by atoms with E-state index >= 15 is 0 Å². The lowest BCUT2D eigenvalue weighted by molar-refractivity contribution is 0.0787. The van der Waals surface area contributed by atoms with E-state index in [9.17, 15) is 4.79 Å². The fourth-order valence-electron chi connectivity index (χ4n) is 2.79. The first kappa shape index (κ1) is 15.3. The monoisotopic (exact) mass is 307 g/mol. The number of aromatic nitrogens is 2. The second-order valence-corrected chi connectivity index (χ2v) is 5.98. The number of aryl methyl sites for hydroxylation is 2. The van der Waals surface area contributed by atoms with Crippen LogP contribution in [-0.2, 0) is 13.5 Å². The number of likely N-dealkylation sites (N-methyl/N-ethyl adjacent to an activating group) is 1. The van der Waals surface area contributed by atoms with Gasteiger partial charge >= 0.3 is 0 Å². The number of benzene rings is 1. The lowest BCUT2D eigenvalue weighted by atomic mass is 10.2. The van der Waals surface area contributed by atoms with Gasteiger partial charge < -0.3 is 9.47 Å². The Kier molecular flexibility index (Phi) is 4.15. The molecule has 2 aromatic heterocycles. The van der Waals surface area contributed by atoms with E-state index in [1.54, 1.807) is 17.3 Å². The fraction of sp³-hybridized carbons (Fsp3) is 0.263. The Balaban J connectivity index is 1.78. The molecule has 4 nitrogen and oxygen atoms in total. The smallest absolute Gasteiger partial charge is 0.270 e. The molecule has 0 saturated heterocycles. The number of amides is 1. The van der Waals surface area contributed by atoms with Gasteiger partial charge in [-0.25, -0.2) is 0 Å². The van der Waals surface area contributed by atoms with Gasteiger partial charge in [0.1, 0.15) is 5.69 Å². The number of rotatable bonds is 4. The quantitative estimate of drug-likeness (QED) is 0.742. The Morgan fingerprint density at radius 3 is 2.65 bits per heavy atom. The van der Waals surface area contributed by atoms with Gasteiger partial charge in [0.25, 0.3) is 5.91 Å². The first-order valence-corrected chi connectivity index (χ1v) is 7.76. The molecule has 0 radical (unpaired) electrons. The molecular formula is C19H21N3O. The molecule has 0 N–H and O–H groups in total. The van der Waals surface area contributed by atoms with Gasteiger partial charge in [0, 0.05) is 43.9 Å². The fourth-order valence-corrected chi connectivity index (χ4v) is 2.79. The molecule has 4 heteroatoms. The van der Waals surface area contributed by atoms with Gasteiger partial charge in [-0.2, -0.15) is 0 Å². The van der Waals surface area contributed by atoms with Crippen molar-refractivity contribution < 1.29 is 4.79 Å². The van der Waals surface area contributed by atoms with E-state index in [1.165, 1.54) is 11.1 Å². The van der Waals surface area contributed by atoms with Gasteiger partial charge in [-0.15, -0.1) is 0 Å². The van der Waals surface area contributed by atoms with Crippen LogP contribution in [0, 0.1) is 6.92 Å². The van der Waals surface area contributed by atoms with Crippen LogP contribution in [0.25, 0.3) is 10.9 Å². The van der Waals surface area contributed by atoms with E-state index in [4.69, 9.17) is 0 Å². The Labute approximate surface area is 136 Å². The lowest BCUT2D eigenvalue weighted by Gasteiger charge is -2.17. The third kappa shape index (κ3) is 3.11. The molecule has 1 aromatic carbocycles. The highest BCUT2D eigenvalue weighted by molar-refractivity contribution is 5.98. The summed E-state index contributed by atoms with van der Waals surface area (Å²) < 4.78 is 1.98. The number of pyridine rings is 1. The molecule has 23 heavy (non-hydrogen) atoms. The Morgan fingerprint density at radius 1 is 1.17 bits per heavy atom. The highest BCUT2D eigenvalue weighted by Crippen LogP contribution is 2.21. The largest absolute Gasteiger partial charge is 0.340 e. The zero-order chi connectivity index (χ0) is 16.4. The maximum atomic E-state index is 12.7. The van der Waals surface area contributed by atoms with Crippen molar-refractivity contribution in [1.82, 2.24) is 14.5 Å². The summed E-state index contributed by atoms with van der Waals surface area (Å²) in [7, 11) is 3.80. The molecule has 0 unspecified atom stereocenters. The molecule has 118 valence electrons. The van der Waals surface area contributed by atoms with Crippen LogP contribution in [0.1, 0.15) is 21.6 Å². The second kappa shape index (κ2) is 6.24. The summed E-state index contributed by atoms with van der Waals surface area (Å²) in [5.74, 6) is 0.0513. The molecule has 2 heterocycles. The van der Waals surface area contributed by atoms with Crippen molar-refractivity contribution in [2.24, 2.45) is 7.05 Å². The molecule has 1 amide bonds. The van der Waals surface area contributed by atoms with E-state index in [1.807, 2.05) is 36.9 Å². The van der Waals surface area contributed by atoms with Crippen LogP contribution in [0.5, 0.6) is 0 Å². The Hall–Kier alpha value is -2.62. The van der Waals surface area contributed by atoms with E-state index < -0.39 is 0 Å². The highest BCUT2D eigenvalue weighted by Gasteiger charge is 2.17. The van der Waals surface area contributed by atoms with E-state index in [-0.39, 0.29) is 5.91 Å². The van der Waals surface area contributed by atoms with Crippen molar-refractivity contribution in [2.75, 3.05) is 13.6 Å². The van der Waals surface area contributed by atoms with Crippen LogP contribution in [0.3, 0.4) is 0 Å². The molecule has 3 aromatic rings. The summed E-state index contributed by atoms with van der Waals surface area (Å²) >= 11 is 0. The zero-order valence-electron chi connectivity index (χ0n) is 13.8. The first-order chi connectivity index (χ1) is 11.1. The number of carbonyl (C=O) groups excluding carboxylic acids is 1. The van der Waals surface area contributed by atoms with Crippen LogP contribution in [-0.4, -0.2) is 34.0 Å². The summed E-state index contributed by atoms with van der Waals surface area (Å²) in [4.78, 5) is 18.5. The number of hydrogen-bond acceptors (Lipinski definition) is 2. The third-order valence-electron chi connectivity index (χ3n) is 4.25. The zero-order valence-corrected chi connectivity index (χ0v) is 13.8. The summed E-state index contributed by atoms with van der Waals surface area (Å²) in [5.41, 5.74) is 4.20. The highest BCUT2D eigenvalue weighted by atomic mass is 16.2. The summed E-state index contributed by atoms with van der Waals surface area (Å²) in [5, 5.41) is 1.10. The van der Waals surface area contributed by atoms with Crippen LogP contribution >= 0.6 is 0 Å².